The summed E-state index contributed by atoms with van der Waals surface area (Å²) in [6.07, 6.45) is 3.01. The van der Waals surface area contributed by atoms with Crippen molar-refractivity contribution in [3.05, 3.63) is 71.2 Å². The topological polar surface area (TPSA) is 82.3 Å². The fourth-order valence-electron chi connectivity index (χ4n) is 4.04. The number of hydrogen-bond acceptors (Lipinski definition) is 5. The van der Waals surface area contributed by atoms with Crippen LogP contribution in [0, 0.1) is 11.2 Å². The van der Waals surface area contributed by atoms with E-state index < -0.39 is 21.1 Å². The highest BCUT2D eigenvalue weighted by Gasteiger charge is 2.54. The molecule has 2 aromatic rings. The van der Waals surface area contributed by atoms with Crippen LogP contribution in [0.25, 0.3) is 0 Å². The van der Waals surface area contributed by atoms with Crippen molar-refractivity contribution in [3.63, 3.8) is 0 Å². The first-order valence-corrected chi connectivity index (χ1v) is 11.6. The van der Waals surface area contributed by atoms with Gasteiger partial charge in [0.1, 0.15) is 17.1 Å². The molecule has 1 N–H and O–H groups in total. The number of halogens is 1. The Labute approximate surface area is 173 Å². The first-order chi connectivity index (χ1) is 14.3. The number of para-hydroxylation sites is 1. The van der Waals surface area contributed by atoms with E-state index in [1.165, 1.54) is 18.4 Å². The minimum atomic E-state index is -2.80. The van der Waals surface area contributed by atoms with Crippen molar-refractivity contribution in [3.8, 4) is 0 Å². The van der Waals surface area contributed by atoms with Gasteiger partial charge >= 0.3 is 0 Å². The van der Waals surface area contributed by atoms with Crippen LogP contribution in [0.3, 0.4) is 0 Å². The van der Waals surface area contributed by atoms with E-state index >= 15 is 0 Å². The van der Waals surface area contributed by atoms with E-state index in [2.05, 4.69) is 9.36 Å². The second-order valence-electron chi connectivity index (χ2n) is 8.09. The van der Waals surface area contributed by atoms with Crippen LogP contribution in [0.15, 0.2) is 74.1 Å². The lowest BCUT2D eigenvalue weighted by Gasteiger charge is -2.34. The van der Waals surface area contributed by atoms with Gasteiger partial charge in [0.15, 0.2) is 5.84 Å². The maximum Gasteiger partial charge on any atom is 0.261 e. The molecule has 2 aromatic carbocycles. The third kappa shape index (κ3) is 3.02. The minimum Gasteiger partial charge on any atom is -0.511 e. The van der Waals surface area contributed by atoms with E-state index in [9.17, 15) is 18.5 Å². The molecule has 0 saturated heterocycles. The predicted octanol–water partition coefficient (Wildman–Crippen LogP) is 3.96. The van der Waals surface area contributed by atoms with Gasteiger partial charge in [0, 0.05) is 24.8 Å². The molecular weight excluding hydrogens is 405 g/mol. The molecule has 0 aromatic heterocycles. The Kier molecular flexibility index (Phi) is 4.12. The van der Waals surface area contributed by atoms with Crippen LogP contribution in [0.4, 0.5) is 10.1 Å². The fraction of sp³-hybridized carbons (Fsp3) is 0.273. The molecule has 2 aliphatic heterocycles. The van der Waals surface area contributed by atoms with Crippen LogP contribution in [0.5, 0.6) is 0 Å². The Morgan fingerprint density at radius 3 is 2.57 bits per heavy atom. The third-order valence-electron chi connectivity index (χ3n) is 5.86. The first kappa shape index (κ1) is 19.0. The average Bonchev–Trinajstić information content (AvgIpc) is 3.48. The van der Waals surface area contributed by atoms with Crippen LogP contribution < -0.4 is 0 Å². The van der Waals surface area contributed by atoms with Gasteiger partial charge in [0.2, 0.25) is 0 Å². The molecule has 3 aliphatic rings. The zero-order valence-corrected chi connectivity index (χ0v) is 17.2. The molecule has 1 atom stereocenters. The highest BCUT2D eigenvalue weighted by molar-refractivity contribution is 7.93. The molecule has 0 radical (unpaired) electrons. The van der Waals surface area contributed by atoms with Crippen LogP contribution in [-0.2, 0) is 21.1 Å². The van der Waals surface area contributed by atoms with Gasteiger partial charge in [-0.15, -0.1) is 0 Å². The highest BCUT2D eigenvalue weighted by Crippen LogP contribution is 2.55. The van der Waals surface area contributed by atoms with Gasteiger partial charge in [-0.25, -0.2) is 13.6 Å². The lowest BCUT2D eigenvalue weighted by Crippen LogP contribution is -2.44. The monoisotopic (exact) mass is 425 g/mol. The Morgan fingerprint density at radius 2 is 1.87 bits per heavy atom. The van der Waals surface area contributed by atoms with Crippen molar-refractivity contribution in [2.75, 3.05) is 12.8 Å². The largest absolute Gasteiger partial charge is 0.511 e. The van der Waals surface area contributed by atoms with Crippen molar-refractivity contribution in [1.29, 1.82) is 0 Å². The number of aliphatic hydroxyl groups is 1. The van der Waals surface area contributed by atoms with Gasteiger partial charge in [-0.05, 0) is 42.7 Å². The summed E-state index contributed by atoms with van der Waals surface area (Å²) in [4.78, 5) is 20.0. The second-order valence-corrected chi connectivity index (χ2v) is 10.3. The number of amidine groups is 1. The summed E-state index contributed by atoms with van der Waals surface area (Å²) in [5.74, 6) is -0.752. The number of amides is 1. The molecule has 1 aliphatic carbocycles. The Morgan fingerprint density at radius 1 is 1.17 bits per heavy atom. The van der Waals surface area contributed by atoms with E-state index in [1.54, 1.807) is 41.3 Å². The summed E-state index contributed by atoms with van der Waals surface area (Å²) in [5, 5.41) is 11.0. The summed E-state index contributed by atoms with van der Waals surface area (Å²) in [7, 11) is -2.80. The van der Waals surface area contributed by atoms with Gasteiger partial charge in [-0.1, -0.05) is 24.3 Å². The molecule has 5 rings (SSSR count). The Hall–Kier alpha value is -3.00. The number of rotatable bonds is 3. The molecule has 2 heterocycles. The van der Waals surface area contributed by atoms with Crippen LogP contribution in [-0.4, -0.2) is 38.8 Å². The number of carbonyl (C=O) groups excluding carboxylic acids is 1. The van der Waals surface area contributed by atoms with Crippen LogP contribution in [0.1, 0.15) is 18.4 Å². The molecule has 8 heteroatoms. The number of hydrogen-bond donors (Lipinski definition) is 1. The van der Waals surface area contributed by atoms with Gasteiger partial charge in [0.25, 0.3) is 5.91 Å². The molecule has 30 heavy (non-hydrogen) atoms. The number of carbonyl (C=O) groups is 1. The molecular formula is C22H20FN3O3S. The minimum absolute atomic E-state index is 0.0128. The molecule has 1 spiro atoms. The normalized spacial score (nSPS) is 24.4. The number of aliphatic imine (C=N–C) groups is 1. The molecule has 1 fully saturated rings. The maximum atomic E-state index is 13.3. The Bertz CT molecular complexity index is 1250. The van der Waals surface area contributed by atoms with E-state index in [-0.39, 0.29) is 29.5 Å². The SMILES string of the molecule is CS1(=O)=NC(C2=C(O)C3(CC3)CN(Cc3ccc(F)cc3)C2=O)=Nc2ccccc21. The highest BCUT2D eigenvalue weighted by atomic mass is 32.2. The number of fused-ring (bicyclic) bond motifs is 1. The first-order valence-electron chi connectivity index (χ1n) is 9.67. The smallest absolute Gasteiger partial charge is 0.261 e. The summed E-state index contributed by atoms with van der Waals surface area (Å²) in [5.41, 5.74) is 0.786. The summed E-state index contributed by atoms with van der Waals surface area (Å²) < 4.78 is 30.7. The predicted molar refractivity (Wildman–Crippen MR) is 111 cm³/mol. The van der Waals surface area contributed by atoms with Crippen molar-refractivity contribution in [2.45, 2.75) is 24.3 Å². The number of nitrogens with zero attached hydrogens (tertiary/aromatic N) is 3. The van der Waals surface area contributed by atoms with E-state index in [0.29, 0.717) is 17.1 Å². The van der Waals surface area contributed by atoms with E-state index in [4.69, 9.17) is 0 Å². The standard InChI is InChI=1S/C22H20FN3O3S/c1-30(29)17-5-3-2-4-16(17)24-20(25-30)18-19(27)22(10-11-22)13-26(21(18)28)12-14-6-8-15(23)9-7-14/h2-9,27H,10-13H2,1H3. The number of benzene rings is 2. The van der Waals surface area contributed by atoms with Crippen molar-refractivity contribution >= 4 is 27.2 Å². The molecule has 6 nitrogen and oxygen atoms in total. The molecule has 0 bridgehead atoms. The van der Waals surface area contributed by atoms with Crippen LogP contribution >= 0.6 is 0 Å². The maximum absolute atomic E-state index is 13.3. The number of aliphatic hydroxyl groups excluding tert-OH is 1. The fourth-order valence-corrected chi connectivity index (χ4v) is 5.44. The van der Waals surface area contributed by atoms with E-state index in [1.807, 2.05) is 0 Å². The zero-order chi connectivity index (χ0) is 21.1. The van der Waals surface area contributed by atoms with Gasteiger partial charge in [-0.3, -0.25) is 4.79 Å². The zero-order valence-electron chi connectivity index (χ0n) is 16.3. The van der Waals surface area contributed by atoms with E-state index in [0.717, 1.165) is 18.4 Å². The van der Waals surface area contributed by atoms with Crippen molar-refractivity contribution in [1.82, 2.24) is 4.90 Å². The Balaban J connectivity index is 1.58. The summed E-state index contributed by atoms with van der Waals surface area (Å²) in [6.45, 7) is 0.660. The van der Waals surface area contributed by atoms with Crippen molar-refractivity contribution < 1.29 is 18.5 Å². The van der Waals surface area contributed by atoms with Gasteiger partial charge in [0.05, 0.1) is 20.3 Å². The van der Waals surface area contributed by atoms with Gasteiger partial charge < -0.3 is 10.0 Å². The molecule has 1 unspecified atom stereocenters. The lowest BCUT2D eigenvalue weighted by molar-refractivity contribution is -0.129. The summed E-state index contributed by atoms with van der Waals surface area (Å²) in [6, 6.07) is 13.0. The van der Waals surface area contributed by atoms with Gasteiger partial charge in [-0.2, -0.15) is 4.36 Å². The lowest BCUT2D eigenvalue weighted by atomic mass is 9.92. The second kappa shape index (κ2) is 6.50. The molecule has 1 amide bonds. The van der Waals surface area contributed by atoms with Crippen molar-refractivity contribution in [2.24, 2.45) is 14.8 Å². The third-order valence-corrected chi connectivity index (χ3v) is 7.54. The molecule has 154 valence electrons. The molecule has 1 saturated carbocycles. The van der Waals surface area contributed by atoms with Crippen LogP contribution in [0.2, 0.25) is 0 Å². The average molecular weight is 425 g/mol. The summed E-state index contributed by atoms with van der Waals surface area (Å²) >= 11 is 0. The quantitative estimate of drug-likeness (QED) is 0.808.